The number of anilines is 2. The number of hydrogen-bond acceptors (Lipinski definition) is 7. The van der Waals surface area contributed by atoms with Crippen LogP contribution in [0.25, 0.3) is 22.1 Å². The average Bonchev–Trinajstić information content (AvgIpc) is 3.36. The van der Waals surface area contributed by atoms with Crippen LogP contribution in [-0.2, 0) is 11.8 Å². The van der Waals surface area contributed by atoms with Gasteiger partial charge in [0.05, 0.1) is 28.6 Å². The quantitative estimate of drug-likeness (QED) is 0.274. The Labute approximate surface area is 230 Å². The highest BCUT2D eigenvalue weighted by Gasteiger charge is 2.25. The maximum absolute atomic E-state index is 15.6. The number of ether oxygens (including phenoxy) is 1. The molecule has 1 atom stereocenters. The first kappa shape index (κ1) is 25.4. The van der Waals surface area contributed by atoms with Crippen LogP contribution in [0.1, 0.15) is 30.0 Å². The molecule has 10 heteroatoms. The first-order valence-corrected chi connectivity index (χ1v) is 13.1. The number of halogens is 1. The first-order chi connectivity index (χ1) is 19.4. The summed E-state index contributed by atoms with van der Waals surface area (Å²) in [6.45, 7) is 6.55. The van der Waals surface area contributed by atoms with Gasteiger partial charge in [0.15, 0.2) is 11.6 Å². The Hall–Kier alpha value is -4.86. The van der Waals surface area contributed by atoms with Gasteiger partial charge in [-0.1, -0.05) is 6.58 Å². The van der Waals surface area contributed by atoms with Gasteiger partial charge in [0, 0.05) is 43.4 Å². The number of nitrogens with one attached hydrogen (secondary N) is 1. The molecule has 6 rings (SSSR count). The van der Waals surface area contributed by atoms with Crippen LogP contribution in [0.2, 0.25) is 0 Å². The fourth-order valence-corrected chi connectivity index (χ4v) is 5.13. The first-order valence-electron chi connectivity index (χ1n) is 13.1. The van der Waals surface area contributed by atoms with Crippen molar-refractivity contribution >= 4 is 39.5 Å². The molecule has 0 spiro atoms. The summed E-state index contributed by atoms with van der Waals surface area (Å²) in [7, 11) is 1.92. The van der Waals surface area contributed by atoms with Crippen molar-refractivity contribution in [2.24, 2.45) is 7.05 Å². The predicted molar refractivity (Wildman–Crippen MR) is 151 cm³/mol. The number of likely N-dealkylation sites (tertiary alicyclic amines) is 1. The summed E-state index contributed by atoms with van der Waals surface area (Å²) in [6.07, 6.45) is 6.31. The number of imidazole rings is 1. The number of carbonyl (C=O) groups excluding carboxylic acids is 1. The third-order valence-corrected chi connectivity index (χ3v) is 7.34. The van der Waals surface area contributed by atoms with E-state index < -0.39 is 5.82 Å². The van der Waals surface area contributed by atoms with Gasteiger partial charge in [-0.3, -0.25) is 4.79 Å². The highest BCUT2D eigenvalue weighted by atomic mass is 19.1. The van der Waals surface area contributed by atoms with Gasteiger partial charge in [-0.15, -0.1) is 0 Å². The monoisotopic (exact) mass is 537 g/mol. The second kappa shape index (κ2) is 10.4. The summed E-state index contributed by atoms with van der Waals surface area (Å²) < 4.78 is 23.5. The number of hydrogen-bond donors (Lipinski definition) is 1. The van der Waals surface area contributed by atoms with Crippen molar-refractivity contribution in [2.75, 3.05) is 18.4 Å². The Morgan fingerprint density at radius 3 is 2.88 bits per heavy atom. The van der Waals surface area contributed by atoms with Crippen LogP contribution < -0.4 is 10.1 Å². The van der Waals surface area contributed by atoms with E-state index in [1.807, 2.05) is 41.9 Å². The standard InChI is InChI=1S/C30H28FN7O2/c1-4-27(39)38-13-5-6-19(15-38)21-8-9-23-29(35-21)30(33-16-32-23)36-22-10-12-26(18(2)28(22)31)40-20-7-11-25-24(14-20)34-17-37(25)3/h4,7-12,14,16-17,19H,1,5-6,13,15H2,2-3H3,(H,32,33,36)/t19-/m1/s1. The van der Waals surface area contributed by atoms with Crippen molar-refractivity contribution in [3.8, 4) is 11.5 Å². The Balaban J connectivity index is 1.26. The van der Waals surface area contributed by atoms with Crippen molar-refractivity contribution in [1.82, 2.24) is 29.4 Å². The number of amides is 1. The lowest BCUT2D eigenvalue weighted by atomic mass is 9.94. The lowest BCUT2D eigenvalue weighted by Gasteiger charge is -2.31. The Morgan fingerprint density at radius 1 is 1.15 bits per heavy atom. The summed E-state index contributed by atoms with van der Waals surface area (Å²) in [6, 6.07) is 12.7. The van der Waals surface area contributed by atoms with Crippen molar-refractivity contribution < 1.29 is 13.9 Å². The smallest absolute Gasteiger partial charge is 0.245 e. The van der Waals surface area contributed by atoms with Crippen LogP contribution in [0.3, 0.4) is 0 Å². The largest absolute Gasteiger partial charge is 0.457 e. The van der Waals surface area contributed by atoms with Crippen LogP contribution in [0.5, 0.6) is 11.5 Å². The van der Waals surface area contributed by atoms with Gasteiger partial charge in [0.1, 0.15) is 23.3 Å². The van der Waals surface area contributed by atoms with E-state index in [0.717, 1.165) is 29.6 Å². The zero-order valence-corrected chi connectivity index (χ0v) is 22.3. The Kier molecular flexibility index (Phi) is 6.59. The second-order valence-corrected chi connectivity index (χ2v) is 9.94. The minimum atomic E-state index is -0.454. The van der Waals surface area contributed by atoms with Crippen LogP contribution >= 0.6 is 0 Å². The second-order valence-electron chi connectivity index (χ2n) is 9.94. The van der Waals surface area contributed by atoms with Crippen LogP contribution in [0.15, 0.2) is 67.8 Å². The maximum Gasteiger partial charge on any atom is 0.245 e. The molecular weight excluding hydrogens is 509 g/mol. The molecule has 0 unspecified atom stereocenters. The van der Waals surface area contributed by atoms with Gasteiger partial charge in [0.25, 0.3) is 0 Å². The van der Waals surface area contributed by atoms with E-state index in [0.29, 0.717) is 47.0 Å². The molecule has 3 aromatic heterocycles. The molecule has 40 heavy (non-hydrogen) atoms. The lowest BCUT2D eigenvalue weighted by Crippen LogP contribution is -2.38. The van der Waals surface area contributed by atoms with E-state index in [9.17, 15) is 4.79 Å². The van der Waals surface area contributed by atoms with E-state index in [2.05, 4.69) is 26.8 Å². The number of pyridine rings is 1. The fourth-order valence-electron chi connectivity index (χ4n) is 5.13. The number of fused-ring (bicyclic) bond motifs is 2. The van der Waals surface area contributed by atoms with Gasteiger partial charge < -0.3 is 19.5 Å². The highest BCUT2D eigenvalue weighted by Crippen LogP contribution is 2.34. The van der Waals surface area contributed by atoms with Crippen molar-refractivity contribution in [3.63, 3.8) is 0 Å². The summed E-state index contributed by atoms with van der Waals surface area (Å²) >= 11 is 0. The molecule has 0 aliphatic carbocycles. The van der Waals surface area contributed by atoms with E-state index >= 15 is 4.39 Å². The molecule has 1 amide bonds. The molecule has 0 saturated carbocycles. The molecule has 1 aliphatic heterocycles. The van der Waals surface area contributed by atoms with E-state index in [1.165, 1.54) is 12.4 Å². The predicted octanol–water partition coefficient (Wildman–Crippen LogP) is 5.79. The Morgan fingerprint density at radius 2 is 2.02 bits per heavy atom. The lowest BCUT2D eigenvalue weighted by molar-refractivity contribution is -0.127. The van der Waals surface area contributed by atoms with Gasteiger partial charge in [0.2, 0.25) is 5.91 Å². The highest BCUT2D eigenvalue weighted by molar-refractivity contribution is 5.88. The summed E-state index contributed by atoms with van der Waals surface area (Å²) in [5, 5.41) is 3.11. The number of piperidine rings is 1. The minimum absolute atomic E-state index is 0.0771. The molecule has 0 bridgehead atoms. The van der Waals surface area contributed by atoms with Gasteiger partial charge in [-0.2, -0.15) is 0 Å². The van der Waals surface area contributed by atoms with Crippen molar-refractivity contribution in [1.29, 1.82) is 0 Å². The average molecular weight is 538 g/mol. The molecule has 1 aliphatic rings. The maximum atomic E-state index is 15.6. The molecule has 4 heterocycles. The number of nitrogens with zero attached hydrogens (tertiary/aromatic N) is 6. The zero-order chi connectivity index (χ0) is 27.8. The minimum Gasteiger partial charge on any atom is -0.457 e. The number of carbonyl (C=O) groups is 1. The molecule has 1 saturated heterocycles. The van der Waals surface area contributed by atoms with E-state index in [-0.39, 0.29) is 17.5 Å². The zero-order valence-electron chi connectivity index (χ0n) is 22.3. The van der Waals surface area contributed by atoms with Crippen molar-refractivity contribution in [3.05, 3.63) is 84.8 Å². The topological polar surface area (TPSA) is 98.1 Å². The summed E-state index contributed by atoms with van der Waals surface area (Å²) in [5.41, 5.74) is 4.40. The molecule has 5 aromatic rings. The van der Waals surface area contributed by atoms with Crippen LogP contribution in [0, 0.1) is 12.7 Å². The van der Waals surface area contributed by atoms with Crippen LogP contribution in [-0.4, -0.2) is 48.4 Å². The number of rotatable bonds is 6. The molecule has 1 fully saturated rings. The Bertz CT molecular complexity index is 1770. The number of aromatic nitrogens is 5. The number of benzene rings is 2. The summed E-state index contributed by atoms with van der Waals surface area (Å²) in [4.78, 5) is 31.9. The fraction of sp³-hybridized carbons (Fsp3) is 0.233. The molecular formula is C30H28FN7O2. The van der Waals surface area contributed by atoms with Gasteiger partial charge in [-0.25, -0.2) is 24.3 Å². The van der Waals surface area contributed by atoms with Gasteiger partial charge >= 0.3 is 0 Å². The molecule has 1 N–H and O–H groups in total. The third kappa shape index (κ3) is 4.72. The van der Waals surface area contributed by atoms with Crippen LogP contribution in [0.4, 0.5) is 15.9 Å². The van der Waals surface area contributed by atoms with E-state index in [1.54, 1.807) is 30.3 Å². The third-order valence-electron chi connectivity index (χ3n) is 7.34. The molecule has 202 valence electrons. The molecule has 0 radical (unpaired) electrons. The van der Waals surface area contributed by atoms with Crippen molar-refractivity contribution in [2.45, 2.75) is 25.7 Å². The number of aryl methyl sites for hydroxylation is 1. The normalized spacial score (nSPS) is 15.4. The SMILES string of the molecule is C=CC(=O)N1CCC[C@@H](c2ccc3ncnc(Nc4ccc(Oc5ccc6c(c5)ncn6C)c(C)c4F)c3n2)C1. The summed E-state index contributed by atoms with van der Waals surface area (Å²) in [5.74, 6) is 0.924. The molecule has 9 nitrogen and oxygen atoms in total. The molecule has 2 aromatic carbocycles. The van der Waals surface area contributed by atoms with Gasteiger partial charge in [-0.05, 0) is 62.2 Å². The van der Waals surface area contributed by atoms with E-state index in [4.69, 9.17) is 9.72 Å².